The minimum atomic E-state index is 0.375. The quantitative estimate of drug-likeness (QED) is 0.747. The van der Waals surface area contributed by atoms with Crippen molar-refractivity contribution in [3.8, 4) is 0 Å². The summed E-state index contributed by atoms with van der Waals surface area (Å²) < 4.78 is 2.03. The van der Waals surface area contributed by atoms with Gasteiger partial charge in [-0.15, -0.1) is 10.2 Å². The molecule has 1 heterocycles. The molecule has 0 aromatic carbocycles. The number of rotatable bonds is 3. The van der Waals surface area contributed by atoms with Gasteiger partial charge in [-0.2, -0.15) is 0 Å². The second-order valence-electron chi connectivity index (χ2n) is 4.14. The van der Waals surface area contributed by atoms with Crippen LogP contribution in [0.3, 0.4) is 0 Å². The van der Waals surface area contributed by atoms with Crippen LogP contribution in [0.4, 0.5) is 0 Å². The van der Waals surface area contributed by atoms with Crippen molar-refractivity contribution in [3.63, 3.8) is 0 Å². The Kier molecular flexibility index (Phi) is 1.87. The van der Waals surface area contributed by atoms with E-state index < -0.39 is 0 Å². The molecule has 0 unspecified atom stereocenters. The third kappa shape index (κ3) is 1.72. The molecule has 4 heteroatoms. The van der Waals surface area contributed by atoms with Gasteiger partial charge in [-0.25, -0.2) is 0 Å². The van der Waals surface area contributed by atoms with Gasteiger partial charge in [-0.05, 0) is 26.7 Å². The van der Waals surface area contributed by atoms with Gasteiger partial charge < -0.3 is 9.88 Å². The lowest BCUT2D eigenvalue weighted by atomic mass is 10.3. The number of nitrogens with one attached hydrogen (secondary N) is 1. The van der Waals surface area contributed by atoms with Crippen LogP contribution in [0.2, 0.25) is 0 Å². The van der Waals surface area contributed by atoms with E-state index in [4.69, 9.17) is 0 Å². The Labute approximate surface area is 78.4 Å². The van der Waals surface area contributed by atoms with Gasteiger partial charge >= 0.3 is 0 Å². The molecule has 1 aliphatic carbocycles. The summed E-state index contributed by atoms with van der Waals surface area (Å²) >= 11 is 0. The first-order valence-corrected chi connectivity index (χ1v) is 4.71. The van der Waals surface area contributed by atoms with Crippen molar-refractivity contribution in [1.82, 2.24) is 20.1 Å². The van der Waals surface area contributed by atoms with Crippen molar-refractivity contribution in [3.05, 3.63) is 11.6 Å². The third-order valence-electron chi connectivity index (χ3n) is 2.86. The summed E-state index contributed by atoms with van der Waals surface area (Å²) in [4.78, 5) is 0. The Morgan fingerprint density at radius 3 is 2.62 bits per heavy atom. The van der Waals surface area contributed by atoms with Crippen molar-refractivity contribution < 1.29 is 0 Å². The molecule has 1 saturated carbocycles. The molecule has 0 amide bonds. The molecule has 0 spiro atoms. The number of hydrogen-bond donors (Lipinski definition) is 1. The molecule has 0 atom stereocenters. The van der Waals surface area contributed by atoms with Crippen LogP contribution in [0.25, 0.3) is 0 Å². The normalized spacial score (nSPS) is 19.0. The molecule has 0 bridgehead atoms. The van der Waals surface area contributed by atoms with E-state index in [2.05, 4.69) is 22.4 Å². The van der Waals surface area contributed by atoms with Gasteiger partial charge in [0.1, 0.15) is 11.6 Å². The molecular formula is C9H16N4. The average molecular weight is 180 g/mol. The van der Waals surface area contributed by atoms with E-state index in [0.29, 0.717) is 5.54 Å². The Balaban J connectivity index is 1.97. The smallest absolute Gasteiger partial charge is 0.146 e. The summed E-state index contributed by atoms with van der Waals surface area (Å²) in [6, 6.07) is 0. The van der Waals surface area contributed by atoms with Crippen molar-refractivity contribution in [2.24, 2.45) is 7.05 Å². The zero-order chi connectivity index (χ0) is 9.47. The molecule has 1 aromatic rings. The monoisotopic (exact) mass is 180 g/mol. The summed E-state index contributed by atoms with van der Waals surface area (Å²) in [5.74, 6) is 1.99. The zero-order valence-electron chi connectivity index (χ0n) is 8.46. The highest BCUT2D eigenvalue weighted by Crippen LogP contribution is 2.34. The van der Waals surface area contributed by atoms with Crippen LogP contribution < -0.4 is 5.32 Å². The molecule has 1 fully saturated rings. The van der Waals surface area contributed by atoms with E-state index in [0.717, 1.165) is 18.2 Å². The van der Waals surface area contributed by atoms with Gasteiger partial charge in [0.05, 0.1) is 6.54 Å². The average Bonchev–Trinajstić information content (AvgIpc) is 2.75. The van der Waals surface area contributed by atoms with Crippen LogP contribution in [0.1, 0.15) is 31.4 Å². The van der Waals surface area contributed by atoms with E-state index >= 15 is 0 Å². The van der Waals surface area contributed by atoms with Gasteiger partial charge in [-0.3, -0.25) is 0 Å². The van der Waals surface area contributed by atoms with Gasteiger partial charge in [0.25, 0.3) is 0 Å². The number of hydrogen-bond acceptors (Lipinski definition) is 3. The lowest BCUT2D eigenvalue weighted by Crippen LogP contribution is -2.28. The largest absolute Gasteiger partial charge is 0.317 e. The van der Waals surface area contributed by atoms with Crippen LogP contribution in [-0.4, -0.2) is 20.3 Å². The van der Waals surface area contributed by atoms with Crippen molar-refractivity contribution >= 4 is 0 Å². The molecule has 0 aliphatic heterocycles. The highest BCUT2D eigenvalue weighted by molar-refractivity contribution is 5.00. The Morgan fingerprint density at radius 1 is 1.46 bits per heavy atom. The summed E-state index contributed by atoms with van der Waals surface area (Å²) in [6.45, 7) is 5.04. The van der Waals surface area contributed by atoms with Crippen molar-refractivity contribution in [1.29, 1.82) is 0 Å². The molecule has 1 N–H and O–H groups in total. The van der Waals surface area contributed by atoms with Crippen molar-refractivity contribution in [2.45, 2.75) is 38.8 Å². The lowest BCUT2D eigenvalue weighted by Gasteiger charge is -2.10. The van der Waals surface area contributed by atoms with Crippen LogP contribution in [0.15, 0.2) is 0 Å². The molecular weight excluding hydrogens is 164 g/mol. The molecule has 0 saturated heterocycles. The molecule has 1 aromatic heterocycles. The van der Waals surface area contributed by atoms with E-state index in [1.54, 1.807) is 0 Å². The minimum Gasteiger partial charge on any atom is -0.317 e. The maximum absolute atomic E-state index is 4.10. The van der Waals surface area contributed by atoms with Crippen LogP contribution in [0, 0.1) is 6.92 Å². The van der Waals surface area contributed by atoms with Crippen LogP contribution in [-0.2, 0) is 13.6 Å². The number of aryl methyl sites for hydroxylation is 1. The first-order valence-electron chi connectivity index (χ1n) is 4.71. The van der Waals surface area contributed by atoms with Crippen LogP contribution >= 0.6 is 0 Å². The van der Waals surface area contributed by atoms with Gasteiger partial charge in [-0.1, -0.05) is 0 Å². The zero-order valence-corrected chi connectivity index (χ0v) is 8.46. The molecule has 13 heavy (non-hydrogen) atoms. The fourth-order valence-electron chi connectivity index (χ4n) is 1.26. The van der Waals surface area contributed by atoms with Crippen LogP contribution in [0.5, 0.6) is 0 Å². The van der Waals surface area contributed by atoms with E-state index in [1.165, 1.54) is 12.8 Å². The van der Waals surface area contributed by atoms with Gasteiger partial charge in [0.15, 0.2) is 0 Å². The standard InChI is InChI=1S/C9H16N4/c1-7-11-12-8(13(7)3)6-10-9(2)4-5-9/h10H,4-6H2,1-3H3. The molecule has 72 valence electrons. The molecule has 1 aliphatic rings. The fraction of sp³-hybridized carbons (Fsp3) is 0.778. The third-order valence-corrected chi connectivity index (χ3v) is 2.86. The summed E-state index contributed by atoms with van der Waals surface area (Å²) in [6.07, 6.45) is 2.56. The first-order chi connectivity index (χ1) is 6.11. The second-order valence-corrected chi connectivity index (χ2v) is 4.14. The van der Waals surface area contributed by atoms with Gasteiger partial charge in [0.2, 0.25) is 0 Å². The minimum absolute atomic E-state index is 0.375. The predicted octanol–water partition coefficient (Wildman–Crippen LogP) is 0.766. The maximum Gasteiger partial charge on any atom is 0.146 e. The molecule has 0 radical (unpaired) electrons. The Bertz CT molecular complexity index is 311. The van der Waals surface area contributed by atoms with Gasteiger partial charge in [0, 0.05) is 12.6 Å². The molecule has 4 nitrogen and oxygen atoms in total. The van der Waals surface area contributed by atoms with Crippen molar-refractivity contribution in [2.75, 3.05) is 0 Å². The molecule has 2 rings (SSSR count). The SMILES string of the molecule is Cc1nnc(CNC2(C)CC2)n1C. The number of aromatic nitrogens is 3. The second kappa shape index (κ2) is 2.80. The Hall–Kier alpha value is -0.900. The first kappa shape index (κ1) is 8.69. The Morgan fingerprint density at radius 2 is 2.15 bits per heavy atom. The summed E-state index contributed by atoms with van der Waals surface area (Å²) in [7, 11) is 2.00. The topological polar surface area (TPSA) is 42.7 Å². The van der Waals surface area contributed by atoms with E-state index in [1.807, 2.05) is 18.5 Å². The van der Waals surface area contributed by atoms with E-state index in [9.17, 15) is 0 Å². The highest BCUT2D eigenvalue weighted by Gasteiger charge is 2.36. The highest BCUT2D eigenvalue weighted by atomic mass is 15.3. The fourth-order valence-corrected chi connectivity index (χ4v) is 1.26. The lowest BCUT2D eigenvalue weighted by molar-refractivity contribution is 0.516. The number of nitrogens with zero attached hydrogens (tertiary/aromatic N) is 3. The summed E-state index contributed by atoms with van der Waals surface area (Å²) in [5.41, 5.74) is 0.375. The predicted molar refractivity (Wildman–Crippen MR) is 50.2 cm³/mol. The maximum atomic E-state index is 4.10. The van der Waals surface area contributed by atoms with E-state index in [-0.39, 0.29) is 0 Å². The summed E-state index contributed by atoms with van der Waals surface area (Å²) in [5, 5.41) is 11.6.